The van der Waals surface area contributed by atoms with Crippen LogP contribution >= 0.6 is 0 Å². The molecule has 3 N–H and O–H groups in total. The van der Waals surface area contributed by atoms with Crippen LogP contribution in [0.2, 0.25) is 0 Å². The second kappa shape index (κ2) is 7.84. The number of benzene rings is 2. The molecule has 1 amide bonds. The van der Waals surface area contributed by atoms with Crippen molar-refractivity contribution in [3.8, 4) is 17.1 Å². The van der Waals surface area contributed by atoms with Crippen LogP contribution in [0.4, 0.5) is 0 Å². The zero-order chi connectivity index (χ0) is 18.5. The van der Waals surface area contributed by atoms with Gasteiger partial charge in [0.2, 0.25) is 0 Å². The molecule has 1 aromatic heterocycles. The summed E-state index contributed by atoms with van der Waals surface area (Å²) in [6, 6.07) is 13.7. The van der Waals surface area contributed by atoms with E-state index in [1.807, 2.05) is 19.1 Å². The first kappa shape index (κ1) is 17.7. The SMILES string of the molecule is CCN(C[C@@H](O)c1cccc(O)c1)C(=O)c1ccccc1-c1ncc[nH]1. The van der Waals surface area contributed by atoms with Gasteiger partial charge in [0.25, 0.3) is 5.91 Å². The van der Waals surface area contributed by atoms with Crippen molar-refractivity contribution >= 4 is 5.91 Å². The fraction of sp³-hybridized carbons (Fsp3) is 0.200. The molecule has 1 heterocycles. The first-order valence-corrected chi connectivity index (χ1v) is 8.45. The maximum Gasteiger partial charge on any atom is 0.254 e. The van der Waals surface area contributed by atoms with Crippen molar-refractivity contribution in [2.45, 2.75) is 13.0 Å². The molecule has 0 aliphatic heterocycles. The number of aromatic amines is 1. The summed E-state index contributed by atoms with van der Waals surface area (Å²) in [6.45, 7) is 2.44. The Morgan fingerprint density at radius 2 is 2.04 bits per heavy atom. The molecule has 0 bridgehead atoms. The van der Waals surface area contributed by atoms with Gasteiger partial charge >= 0.3 is 0 Å². The minimum atomic E-state index is -0.887. The lowest BCUT2D eigenvalue weighted by Gasteiger charge is -2.25. The Hall–Kier alpha value is -3.12. The Bertz CT molecular complexity index is 878. The van der Waals surface area contributed by atoms with Gasteiger partial charge in [0, 0.05) is 24.5 Å². The molecular formula is C20H21N3O3. The van der Waals surface area contributed by atoms with E-state index in [4.69, 9.17) is 0 Å². The van der Waals surface area contributed by atoms with Crippen molar-refractivity contribution in [3.63, 3.8) is 0 Å². The van der Waals surface area contributed by atoms with Gasteiger partial charge in [0.05, 0.1) is 18.2 Å². The van der Waals surface area contributed by atoms with E-state index < -0.39 is 6.10 Å². The quantitative estimate of drug-likeness (QED) is 0.637. The van der Waals surface area contributed by atoms with Gasteiger partial charge in [-0.2, -0.15) is 0 Å². The molecule has 0 saturated heterocycles. The van der Waals surface area contributed by atoms with Crippen LogP contribution < -0.4 is 0 Å². The number of phenols is 1. The summed E-state index contributed by atoms with van der Waals surface area (Å²) in [6.07, 6.45) is 2.46. The predicted octanol–water partition coefficient (Wildman–Crippen LogP) is 2.98. The maximum absolute atomic E-state index is 13.0. The second-order valence-electron chi connectivity index (χ2n) is 5.94. The molecule has 0 aliphatic rings. The van der Waals surface area contributed by atoms with Gasteiger partial charge in [-0.05, 0) is 30.7 Å². The first-order valence-electron chi connectivity index (χ1n) is 8.45. The number of likely N-dealkylation sites (N-methyl/N-ethyl adjacent to an activating group) is 1. The molecule has 0 spiro atoms. The van der Waals surface area contributed by atoms with Crippen molar-refractivity contribution in [1.82, 2.24) is 14.9 Å². The van der Waals surface area contributed by atoms with Crippen LogP contribution in [0.25, 0.3) is 11.4 Å². The molecule has 0 saturated carbocycles. The number of rotatable bonds is 6. The van der Waals surface area contributed by atoms with Gasteiger partial charge in [-0.25, -0.2) is 4.98 Å². The number of nitrogens with one attached hydrogen (secondary N) is 1. The van der Waals surface area contributed by atoms with Gasteiger partial charge in [-0.15, -0.1) is 0 Å². The van der Waals surface area contributed by atoms with Gasteiger partial charge in [0.1, 0.15) is 11.6 Å². The maximum atomic E-state index is 13.0. The summed E-state index contributed by atoms with van der Waals surface area (Å²) in [7, 11) is 0. The number of hydrogen-bond acceptors (Lipinski definition) is 4. The molecule has 3 rings (SSSR count). The molecule has 1 atom stereocenters. The van der Waals surface area contributed by atoms with E-state index >= 15 is 0 Å². The summed E-state index contributed by atoms with van der Waals surface area (Å²) in [5.41, 5.74) is 1.80. The number of hydrogen-bond donors (Lipinski definition) is 3. The molecule has 0 aliphatic carbocycles. The highest BCUT2D eigenvalue weighted by Crippen LogP contribution is 2.24. The highest BCUT2D eigenvalue weighted by atomic mass is 16.3. The Balaban J connectivity index is 1.84. The van der Waals surface area contributed by atoms with E-state index in [1.54, 1.807) is 47.6 Å². The number of phenolic OH excluding ortho intramolecular Hbond substituents is 1. The highest BCUT2D eigenvalue weighted by molar-refractivity contribution is 6.00. The standard InChI is InChI=1S/C20H21N3O3/c1-2-23(13-18(25)14-6-5-7-15(24)12-14)20(26)17-9-4-3-8-16(17)19-21-10-11-22-19/h3-12,18,24-25H,2,13H2,1H3,(H,21,22)/t18-/m1/s1. The normalized spacial score (nSPS) is 11.9. The number of carbonyl (C=O) groups excluding carboxylic acids is 1. The van der Waals surface area contributed by atoms with Crippen LogP contribution in [0.5, 0.6) is 5.75 Å². The van der Waals surface area contributed by atoms with Crippen molar-refractivity contribution < 1.29 is 15.0 Å². The molecule has 0 unspecified atom stereocenters. The van der Waals surface area contributed by atoms with E-state index in [0.717, 1.165) is 0 Å². The number of H-pyrrole nitrogens is 1. The van der Waals surface area contributed by atoms with Crippen molar-refractivity contribution in [2.75, 3.05) is 13.1 Å². The molecular weight excluding hydrogens is 330 g/mol. The third kappa shape index (κ3) is 3.75. The lowest BCUT2D eigenvalue weighted by Crippen LogP contribution is -2.35. The zero-order valence-corrected chi connectivity index (χ0v) is 14.5. The van der Waals surface area contributed by atoms with Crippen LogP contribution in [0.15, 0.2) is 60.9 Å². The second-order valence-corrected chi connectivity index (χ2v) is 5.94. The molecule has 3 aromatic rings. The molecule has 0 radical (unpaired) electrons. The minimum absolute atomic E-state index is 0.0825. The van der Waals surface area contributed by atoms with E-state index in [1.165, 1.54) is 6.07 Å². The number of amides is 1. The highest BCUT2D eigenvalue weighted by Gasteiger charge is 2.22. The van der Waals surface area contributed by atoms with Crippen molar-refractivity contribution in [1.29, 1.82) is 0 Å². The van der Waals surface area contributed by atoms with Crippen LogP contribution in [-0.4, -0.2) is 44.1 Å². The molecule has 0 fully saturated rings. The topological polar surface area (TPSA) is 89.4 Å². The van der Waals surface area contributed by atoms with Crippen LogP contribution in [0.1, 0.15) is 28.9 Å². The van der Waals surface area contributed by atoms with Crippen molar-refractivity contribution in [2.24, 2.45) is 0 Å². The average molecular weight is 351 g/mol. The number of carbonyl (C=O) groups is 1. The monoisotopic (exact) mass is 351 g/mol. The fourth-order valence-corrected chi connectivity index (χ4v) is 2.86. The van der Waals surface area contributed by atoms with E-state index in [9.17, 15) is 15.0 Å². The third-order valence-electron chi connectivity index (χ3n) is 4.23. The largest absolute Gasteiger partial charge is 0.508 e. The summed E-state index contributed by atoms with van der Waals surface area (Å²) < 4.78 is 0. The van der Waals surface area contributed by atoms with Crippen LogP contribution in [-0.2, 0) is 0 Å². The molecule has 6 heteroatoms. The number of nitrogens with zero attached hydrogens (tertiary/aromatic N) is 2. The number of aliphatic hydroxyl groups is 1. The van der Waals surface area contributed by atoms with Gasteiger partial charge in [-0.3, -0.25) is 4.79 Å². The summed E-state index contributed by atoms with van der Waals surface area (Å²) in [4.78, 5) is 21.9. The lowest BCUT2D eigenvalue weighted by atomic mass is 10.0. The molecule has 6 nitrogen and oxygen atoms in total. The fourth-order valence-electron chi connectivity index (χ4n) is 2.86. The number of imidazole rings is 1. The van der Waals surface area contributed by atoms with Crippen molar-refractivity contribution in [3.05, 3.63) is 72.1 Å². The van der Waals surface area contributed by atoms with Crippen LogP contribution in [0, 0.1) is 0 Å². The molecule has 26 heavy (non-hydrogen) atoms. The van der Waals surface area contributed by atoms with E-state index in [-0.39, 0.29) is 18.2 Å². The Kier molecular flexibility index (Phi) is 5.34. The van der Waals surface area contributed by atoms with Gasteiger partial charge in [0.15, 0.2) is 0 Å². The molecule has 2 aromatic carbocycles. The molecule has 134 valence electrons. The zero-order valence-electron chi connectivity index (χ0n) is 14.5. The average Bonchev–Trinajstić information content (AvgIpc) is 3.20. The Morgan fingerprint density at radius 1 is 1.23 bits per heavy atom. The van der Waals surface area contributed by atoms with Gasteiger partial charge < -0.3 is 20.1 Å². The van der Waals surface area contributed by atoms with E-state index in [2.05, 4.69) is 9.97 Å². The lowest BCUT2D eigenvalue weighted by molar-refractivity contribution is 0.0635. The Morgan fingerprint density at radius 3 is 2.73 bits per heavy atom. The first-order chi connectivity index (χ1) is 12.6. The smallest absolute Gasteiger partial charge is 0.254 e. The number of aromatic hydroxyl groups is 1. The predicted molar refractivity (Wildman–Crippen MR) is 98.7 cm³/mol. The van der Waals surface area contributed by atoms with E-state index in [0.29, 0.717) is 29.1 Å². The summed E-state index contributed by atoms with van der Waals surface area (Å²) in [5.74, 6) is 0.524. The van der Waals surface area contributed by atoms with Gasteiger partial charge in [-0.1, -0.05) is 30.3 Å². The summed E-state index contributed by atoms with van der Waals surface area (Å²) in [5, 5.41) is 20.1. The third-order valence-corrected chi connectivity index (χ3v) is 4.23. The summed E-state index contributed by atoms with van der Waals surface area (Å²) >= 11 is 0. The number of aromatic nitrogens is 2. The Labute approximate surface area is 151 Å². The minimum Gasteiger partial charge on any atom is -0.508 e. The van der Waals surface area contributed by atoms with Crippen LogP contribution in [0.3, 0.4) is 0 Å². The number of aliphatic hydroxyl groups excluding tert-OH is 1.